The molecule has 1 aromatic carbocycles. The molecule has 3 heterocycles. The molecule has 2 N–H and O–H groups in total. The zero-order valence-electron chi connectivity index (χ0n) is 16.6. The van der Waals surface area contributed by atoms with Gasteiger partial charge in [-0.15, -0.1) is 22.6 Å². The maximum absolute atomic E-state index is 12.6. The second-order valence-corrected chi connectivity index (χ2v) is 6.90. The Labute approximate surface area is 179 Å². The first-order valence-corrected chi connectivity index (χ1v) is 9.59. The second kappa shape index (κ2) is 10.1. The molecule has 12 heteroatoms. The number of aromatic nitrogens is 7. The molecule has 4 rings (SSSR count). The molecule has 1 saturated heterocycles. The quantitative estimate of drug-likeness (QED) is 0.573. The fraction of sp³-hybridized carbons (Fsp3) is 0.444. The van der Waals surface area contributed by atoms with E-state index in [1.54, 1.807) is 29.1 Å². The number of amides is 1. The highest BCUT2D eigenvalue weighted by Gasteiger charge is 2.16. The molecule has 0 spiro atoms. The van der Waals surface area contributed by atoms with Gasteiger partial charge in [0.15, 0.2) is 5.69 Å². The highest BCUT2D eigenvalue weighted by atomic mass is 35.5. The first-order valence-electron chi connectivity index (χ1n) is 9.59. The number of anilines is 1. The predicted octanol–water partition coefficient (Wildman–Crippen LogP) is 1.47. The molecule has 0 saturated carbocycles. The molecular formula is C18H24ClN9O2. The van der Waals surface area contributed by atoms with Gasteiger partial charge in [0.1, 0.15) is 12.1 Å². The lowest BCUT2D eigenvalue weighted by atomic mass is 10.0. The van der Waals surface area contributed by atoms with Gasteiger partial charge in [-0.1, -0.05) is 11.6 Å². The molecule has 1 unspecified atom stereocenters. The number of rotatable bonds is 7. The number of carbonyl (C=O) groups is 1. The molecule has 3 aromatic rings. The molecule has 1 aliphatic heterocycles. The Balaban J connectivity index is 0.00000256. The van der Waals surface area contributed by atoms with Crippen LogP contribution in [0, 0.1) is 0 Å². The maximum Gasteiger partial charge on any atom is 0.277 e. The molecule has 1 fully saturated rings. The van der Waals surface area contributed by atoms with E-state index in [0.29, 0.717) is 23.2 Å². The molecule has 2 aromatic heterocycles. The SMILES string of the molecule is COc1cc(-n2cnnn2)ccc1NC(=O)c1cn(CCC2CCCCN2)nn1.Cl. The molecule has 0 bridgehead atoms. The summed E-state index contributed by atoms with van der Waals surface area (Å²) < 4.78 is 8.60. The number of halogens is 1. The van der Waals surface area contributed by atoms with Crippen molar-refractivity contribution in [3.63, 3.8) is 0 Å². The van der Waals surface area contributed by atoms with Crippen LogP contribution in [-0.4, -0.2) is 60.8 Å². The highest BCUT2D eigenvalue weighted by Crippen LogP contribution is 2.27. The molecule has 0 aliphatic carbocycles. The zero-order valence-corrected chi connectivity index (χ0v) is 17.4. The summed E-state index contributed by atoms with van der Waals surface area (Å²) in [7, 11) is 1.53. The average Bonchev–Trinajstić information content (AvgIpc) is 3.46. The minimum Gasteiger partial charge on any atom is -0.494 e. The van der Waals surface area contributed by atoms with E-state index in [9.17, 15) is 4.79 Å². The summed E-state index contributed by atoms with van der Waals surface area (Å²) in [6.07, 6.45) is 7.80. The van der Waals surface area contributed by atoms with Crippen molar-refractivity contribution in [1.29, 1.82) is 0 Å². The van der Waals surface area contributed by atoms with E-state index in [2.05, 4.69) is 36.5 Å². The van der Waals surface area contributed by atoms with Gasteiger partial charge in [-0.25, -0.2) is 4.68 Å². The highest BCUT2D eigenvalue weighted by molar-refractivity contribution is 6.03. The van der Waals surface area contributed by atoms with Crippen LogP contribution in [0.5, 0.6) is 5.75 Å². The van der Waals surface area contributed by atoms with E-state index >= 15 is 0 Å². The van der Waals surface area contributed by atoms with Gasteiger partial charge in [-0.3, -0.25) is 9.48 Å². The van der Waals surface area contributed by atoms with Crippen molar-refractivity contribution in [2.45, 2.75) is 38.3 Å². The summed E-state index contributed by atoms with van der Waals surface area (Å²) in [5.74, 6) is 0.141. The molecule has 160 valence electrons. The van der Waals surface area contributed by atoms with Gasteiger partial charge < -0.3 is 15.4 Å². The van der Waals surface area contributed by atoms with Gasteiger partial charge in [0.05, 0.1) is 24.7 Å². The van der Waals surface area contributed by atoms with E-state index in [0.717, 1.165) is 19.5 Å². The first kappa shape index (κ1) is 21.7. The second-order valence-electron chi connectivity index (χ2n) is 6.90. The van der Waals surface area contributed by atoms with Crippen LogP contribution in [0.1, 0.15) is 36.2 Å². The molecule has 0 radical (unpaired) electrons. The fourth-order valence-electron chi connectivity index (χ4n) is 3.36. The van der Waals surface area contributed by atoms with Crippen molar-refractivity contribution in [3.8, 4) is 11.4 Å². The topological polar surface area (TPSA) is 125 Å². The number of hydrogen-bond donors (Lipinski definition) is 2. The van der Waals surface area contributed by atoms with Gasteiger partial charge in [0.25, 0.3) is 5.91 Å². The van der Waals surface area contributed by atoms with Crippen LogP contribution in [0.3, 0.4) is 0 Å². The summed E-state index contributed by atoms with van der Waals surface area (Å²) in [4.78, 5) is 12.6. The van der Waals surface area contributed by atoms with E-state index in [1.807, 2.05) is 0 Å². The number of carbonyl (C=O) groups excluding carboxylic acids is 1. The smallest absolute Gasteiger partial charge is 0.277 e. The summed E-state index contributed by atoms with van der Waals surface area (Å²) in [5.41, 5.74) is 1.50. The average molecular weight is 434 g/mol. The number of tetrazole rings is 1. The zero-order chi connectivity index (χ0) is 20.1. The van der Waals surface area contributed by atoms with Crippen LogP contribution < -0.4 is 15.4 Å². The van der Waals surface area contributed by atoms with Crippen molar-refractivity contribution in [3.05, 3.63) is 36.4 Å². The number of piperidine rings is 1. The number of nitrogens with one attached hydrogen (secondary N) is 2. The van der Waals surface area contributed by atoms with Crippen LogP contribution >= 0.6 is 12.4 Å². The lowest BCUT2D eigenvalue weighted by Gasteiger charge is -2.23. The van der Waals surface area contributed by atoms with Crippen molar-refractivity contribution < 1.29 is 9.53 Å². The Morgan fingerprint density at radius 3 is 2.97 bits per heavy atom. The maximum atomic E-state index is 12.6. The number of methoxy groups -OCH3 is 1. The first-order chi connectivity index (χ1) is 14.2. The number of benzene rings is 1. The molecule has 1 atom stereocenters. The Morgan fingerprint density at radius 2 is 2.23 bits per heavy atom. The van der Waals surface area contributed by atoms with Gasteiger partial charge in [-0.2, -0.15) is 0 Å². The molecule has 11 nitrogen and oxygen atoms in total. The number of aryl methyl sites for hydroxylation is 1. The van der Waals surface area contributed by atoms with Gasteiger partial charge >= 0.3 is 0 Å². The van der Waals surface area contributed by atoms with Crippen LogP contribution in [0.25, 0.3) is 5.69 Å². The Kier molecular flexibility index (Phi) is 7.31. The third-order valence-corrected chi connectivity index (χ3v) is 4.94. The molecular weight excluding hydrogens is 410 g/mol. The van der Waals surface area contributed by atoms with Crippen molar-refractivity contribution in [2.24, 2.45) is 0 Å². The monoisotopic (exact) mass is 433 g/mol. The molecule has 1 aliphatic rings. The third kappa shape index (κ3) is 5.10. The summed E-state index contributed by atoms with van der Waals surface area (Å²) in [6.45, 7) is 1.80. The van der Waals surface area contributed by atoms with Gasteiger partial charge in [0, 0.05) is 18.7 Å². The van der Waals surface area contributed by atoms with Crippen LogP contribution in [0.4, 0.5) is 5.69 Å². The lowest BCUT2D eigenvalue weighted by Crippen LogP contribution is -2.34. The normalized spacial score (nSPS) is 16.0. The minimum atomic E-state index is -0.347. The van der Waals surface area contributed by atoms with Crippen LogP contribution in [0.15, 0.2) is 30.7 Å². The summed E-state index contributed by atoms with van der Waals surface area (Å²) in [6, 6.07) is 5.75. The van der Waals surface area contributed by atoms with Crippen LogP contribution in [0.2, 0.25) is 0 Å². The molecule has 1 amide bonds. The predicted molar refractivity (Wildman–Crippen MR) is 111 cm³/mol. The summed E-state index contributed by atoms with van der Waals surface area (Å²) in [5, 5.41) is 25.5. The lowest BCUT2D eigenvalue weighted by molar-refractivity contribution is 0.102. The number of ether oxygens (including phenoxy) is 1. The molecule has 30 heavy (non-hydrogen) atoms. The van der Waals surface area contributed by atoms with Gasteiger partial charge in [0.2, 0.25) is 0 Å². The summed E-state index contributed by atoms with van der Waals surface area (Å²) >= 11 is 0. The standard InChI is InChI=1S/C18H23N9O2.ClH/c1-29-17-10-14(27-12-20-23-25-27)5-6-15(17)21-18(28)16-11-26(24-22-16)9-7-13-4-2-3-8-19-13;/h5-6,10-13,19H,2-4,7-9H2,1H3,(H,21,28);1H. The Hall–Kier alpha value is -3.05. The van der Waals surface area contributed by atoms with E-state index < -0.39 is 0 Å². The largest absolute Gasteiger partial charge is 0.494 e. The minimum absolute atomic E-state index is 0. The van der Waals surface area contributed by atoms with E-state index in [4.69, 9.17) is 4.74 Å². The van der Waals surface area contributed by atoms with Crippen LogP contribution in [-0.2, 0) is 6.54 Å². The number of nitrogens with zero attached hydrogens (tertiary/aromatic N) is 7. The van der Waals surface area contributed by atoms with E-state index in [1.165, 1.54) is 37.4 Å². The fourth-order valence-corrected chi connectivity index (χ4v) is 3.36. The van der Waals surface area contributed by atoms with E-state index in [-0.39, 0.29) is 24.0 Å². The van der Waals surface area contributed by atoms with Crippen molar-refractivity contribution in [1.82, 2.24) is 40.5 Å². The van der Waals surface area contributed by atoms with Crippen molar-refractivity contribution >= 4 is 24.0 Å². The van der Waals surface area contributed by atoms with Crippen molar-refractivity contribution in [2.75, 3.05) is 19.0 Å². The third-order valence-electron chi connectivity index (χ3n) is 4.94. The Morgan fingerprint density at radius 1 is 1.33 bits per heavy atom. The number of hydrogen-bond acceptors (Lipinski definition) is 8. The Bertz CT molecular complexity index is 954. The van der Waals surface area contributed by atoms with Gasteiger partial charge in [-0.05, 0) is 48.4 Å².